The van der Waals surface area contributed by atoms with E-state index in [-0.39, 0.29) is 11.1 Å². The van der Waals surface area contributed by atoms with Gasteiger partial charge in [0, 0.05) is 19.8 Å². The molecule has 17 heavy (non-hydrogen) atoms. The average Bonchev–Trinajstić information content (AvgIpc) is 2.31. The summed E-state index contributed by atoms with van der Waals surface area (Å²) in [6.45, 7) is 4.93. The van der Waals surface area contributed by atoms with Gasteiger partial charge in [-0.3, -0.25) is 4.79 Å². The molecule has 3 nitrogen and oxygen atoms in total. The van der Waals surface area contributed by atoms with Crippen LogP contribution in [0.1, 0.15) is 30.6 Å². The average molecular weight is 275 g/mol. The molecule has 0 fully saturated rings. The predicted octanol–water partition coefficient (Wildman–Crippen LogP) is 3.51. The predicted molar refractivity (Wildman–Crippen MR) is 70.7 cm³/mol. The van der Waals surface area contributed by atoms with E-state index in [9.17, 15) is 4.79 Å². The zero-order valence-electron chi connectivity index (χ0n) is 10.2. The number of carbonyl (C=O) groups is 1. The number of amides is 1. The topological polar surface area (TPSA) is 33.2 Å². The highest BCUT2D eigenvalue weighted by Gasteiger charge is 2.15. The summed E-state index contributed by atoms with van der Waals surface area (Å²) in [5.74, 6) is 0.385. The van der Waals surface area contributed by atoms with Gasteiger partial charge in [-0.1, -0.05) is 43.5 Å². The van der Waals surface area contributed by atoms with Crippen molar-refractivity contribution in [2.75, 3.05) is 13.6 Å². The lowest BCUT2D eigenvalue weighted by Crippen LogP contribution is -2.30. The summed E-state index contributed by atoms with van der Waals surface area (Å²) in [5, 5.41) is 0.516. The lowest BCUT2D eigenvalue weighted by molar-refractivity contribution is 0.0774. The van der Waals surface area contributed by atoms with Crippen LogP contribution < -0.4 is 0 Å². The van der Waals surface area contributed by atoms with E-state index in [1.54, 1.807) is 18.0 Å². The highest BCUT2D eigenvalue weighted by atomic mass is 35.5. The minimum absolute atomic E-state index is 0.0867. The van der Waals surface area contributed by atoms with Gasteiger partial charge >= 0.3 is 0 Å². The summed E-state index contributed by atoms with van der Waals surface area (Å²) in [4.78, 5) is 17.6. The number of halogens is 2. The monoisotopic (exact) mass is 274 g/mol. The van der Waals surface area contributed by atoms with Gasteiger partial charge in [0.15, 0.2) is 0 Å². The summed E-state index contributed by atoms with van der Waals surface area (Å²) in [5.41, 5.74) is 0.463. The van der Waals surface area contributed by atoms with Crippen molar-refractivity contribution in [3.8, 4) is 0 Å². The van der Waals surface area contributed by atoms with Crippen molar-refractivity contribution in [1.29, 1.82) is 0 Å². The van der Waals surface area contributed by atoms with Gasteiger partial charge < -0.3 is 4.90 Å². The van der Waals surface area contributed by atoms with Crippen molar-refractivity contribution >= 4 is 29.1 Å². The van der Waals surface area contributed by atoms with E-state index in [1.807, 2.05) is 0 Å². The molecule has 1 unspecified atom stereocenters. The molecule has 0 aliphatic carbocycles. The van der Waals surface area contributed by atoms with Gasteiger partial charge in [-0.15, -0.1) is 0 Å². The van der Waals surface area contributed by atoms with E-state index in [1.165, 1.54) is 6.20 Å². The molecule has 94 valence electrons. The number of rotatable bonds is 4. The first kappa shape index (κ1) is 14.3. The molecule has 1 heterocycles. The van der Waals surface area contributed by atoms with Crippen LogP contribution in [0.4, 0.5) is 0 Å². The number of aromatic nitrogens is 1. The minimum Gasteiger partial charge on any atom is -0.341 e. The standard InChI is InChI=1S/C12H16Cl2N2O/c1-4-8(2)7-16(3)12(17)9-5-10(13)11(14)15-6-9/h5-6,8H,4,7H2,1-3H3. The number of carbonyl (C=O) groups excluding carboxylic acids is 1. The summed E-state index contributed by atoms with van der Waals surface area (Å²) in [7, 11) is 1.77. The van der Waals surface area contributed by atoms with Gasteiger partial charge in [0.1, 0.15) is 5.15 Å². The van der Waals surface area contributed by atoms with Crippen LogP contribution in [0.2, 0.25) is 10.2 Å². The number of hydrogen-bond acceptors (Lipinski definition) is 2. The molecule has 5 heteroatoms. The fraction of sp³-hybridized carbons (Fsp3) is 0.500. The second-order valence-electron chi connectivity index (χ2n) is 4.20. The maximum absolute atomic E-state index is 12.0. The third kappa shape index (κ3) is 3.86. The highest BCUT2D eigenvalue weighted by molar-refractivity contribution is 6.41. The van der Waals surface area contributed by atoms with Crippen LogP contribution >= 0.6 is 23.2 Å². The molecular formula is C12H16Cl2N2O. The SMILES string of the molecule is CCC(C)CN(C)C(=O)c1cnc(Cl)c(Cl)c1. The smallest absolute Gasteiger partial charge is 0.255 e. The molecule has 0 bridgehead atoms. The van der Waals surface area contributed by atoms with Crippen LogP contribution in [0.25, 0.3) is 0 Å². The molecule has 1 amide bonds. The molecule has 0 saturated carbocycles. The van der Waals surface area contributed by atoms with Crippen molar-refractivity contribution in [2.24, 2.45) is 5.92 Å². The van der Waals surface area contributed by atoms with Crippen molar-refractivity contribution in [2.45, 2.75) is 20.3 Å². The molecule has 0 aliphatic rings. The molecule has 0 spiro atoms. The van der Waals surface area contributed by atoms with Gasteiger partial charge in [0.25, 0.3) is 5.91 Å². The van der Waals surface area contributed by atoms with Gasteiger partial charge in [-0.25, -0.2) is 4.98 Å². The van der Waals surface area contributed by atoms with E-state index in [4.69, 9.17) is 23.2 Å². The van der Waals surface area contributed by atoms with E-state index < -0.39 is 0 Å². The minimum atomic E-state index is -0.0867. The first-order valence-corrected chi connectivity index (χ1v) is 6.27. The Morgan fingerprint density at radius 2 is 2.18 bits per heavy atom. The maximum atomic E-state index is 12.0. The summed E-state index contributed by atoms with van der Waals surface area (Å²) < 4.78 is 0. The van der Waals surface area contributed by atoms with Crippen LogP contribution in [-0.4, -0.2) is 29.4 Å². The third-order valence-corrected chi connectivity index (χ3v) is 3.36. The molecule has 0 aliphatic heterocycles. The Morgan fingerprint density at radius 1 is 1.53 bits per heavy atom. The Morgan fingerprint density at radius 3 is 2.71 bits per heavy atom. The Bertz CT molecular complexity index is 409. The lowest BCUT2D eigenvalue weighted by atomic mass is 10.1. The Balaban J connectivity index is 2.78. The Kier molecular flexibility index (Phi) is 5.22. The van der Waals surface area contributed by atoms with Crippen molar-refractivity contribution in [3.05, 3.63) is 28.0 Å². The van der Waals surface area contributed by atoms with Crippen LogP contribution in [-0.2, 0) is 0 Å². The molecular weight excluding hydrogens is 259 g/mol. The molecule has 0 saturated heterocycles. The first-order chi connectivity index (χ1) is 7.95. The normalized spacial score (nSPS) is 12.3. The van der Waals surface area contributed by atoms with Crippen LogP contribution in [0.15, 0.2) is 12.3 Å². The summed E-state index contributed by atoms with van der Waals surface area (Å²) in [6, 6.07) is 1.55. The van der Waals surface area contributed by atoms with Crippen molar-refractivity contribution in [3.63, 3.8) is 0 Å². The molecule has 1 aromatic rings. The molecule has 1 rings (SSSR count). The fourth-order valence-electron chi connectivity index (χ4n) is 1.44. The largest absolute Gasteiger partial charge is 0.341 e. The zero-order chi connectivity index (χ0) is 13.0. The number of pyridine rings is 1. The second kappa shape index (κ2) is 6.22. The van der Waals surface area contributed by atoms with E-state index in [0.717, 1.165) is 13.0 Å². The van der Waals surface area contributed by atoms with Crippen LogP contribution in [0.5, 0.6) is 0 Å². The second-order valence-corrected chi connectivity index (χ2v) is 4.96. The van der Waals surface area contributed by atoms with Crippen LogP contribution in [0, 0.1) is 5.92 Å². The van der Waals surface area contributed by atoms with Crippen LogP contribution in [0.3, 0.4) is 0 Å². The molecule has 0 radical (unpaired) electrons. The van der Waals surface area contributed by atoms with Gasteiger partial charge in [0.05, 0.1) is 10.6 Å². The quantitative estimate of drug-likeness (QED) is 0.788. The van der Waals surface area contributed by atoms with Crippen molar-refractivity contribution in [1.82, 2.24) is 9.88 Å². The zero-order valence-corrected chi connectivity index (χ0v) is 11.7. The van der Waals surface area contributed by atoms with Gasteiger partial charge in [-0.05, 0) is 12.0 Å². The molecule has 1 atom stereocenters. The first-order valence-electron chi connectivity index (χ1n) is 5.52. The Hall–Kier alpha value is -0.800. The van der Waals surface area contributed by atoms with E-state index in [0.29, 0.717) is 16.5 Å². The van der Waals surface area contributed by atoms with Gasteiger partial charge in [-0.2, -0.15) is 0 Å². The van der Waals surface area contributed by atoms with E-state index in [2.05, 4.69) is 18.8 Å². The van der Waals surface area contributed by atoms with Gasteiger partial charge in [0.2, 0.25) is 0 Å². The number of hydrogen-bond donors (Lipinski definition) is 0. The number of nitrogens with zero attached hydrogens (tertiary/aromatic N) is 2. The maximum Gasteiger partial charge on any atom is 0.255 e. The molecule has 1 aromatic heterocycles. The highest BCUT2D eigenvalue weighted by Crippen LogP contribution is 2.20. The lowest BCUT2D eigenvalue weighted by Gasteiger charge is -2.20. The molecule has 0 N–H and O–H groups in total. The van der Waals surface area contributed by atoms with E-state index >= 15 is 0 Å². The van der Waals surface area contributed by atoms with Crippen molar-refractivity contribution < 1.29 is 4.79 Å². The third-order valence-electron chi connectivity index (χ3n) is 2.67. The Labute approximate surface area is 112 Å². The fourth-order valence-corrected chi connectivity index (χ4v) is 1.71. The summed E-state index contributed by atoms with van der Waals surface area (Å²) in [6.07, 6.45) is 2.49. The molecule has 0 aromatic carbocycles. The summed E-state index contributed by atoms with van der Waals surface area (Å²) >= 11 is 11.5.